The van der Waals surface area contributed by atoms with Crippen LogP contribution >= 0.6 is 24.0 Å². The van der Waals surface area contributed by atoms with E-state index in [1.807, 2.05) is 6.07 Å². The zero-order chi connectivity index (χ0) is 16.4. The normalized spacial score (nSPS) is 21.0. The molecule has 1 atom stereocenters. The Labute approximate surface area is 149 Å². The zero-order valence-corrected chi connectivity index (χ0v) is 14.3. The Morgan fingerprint density at radius 2 is 2.12 bits per heavy atom. The molecule has 1 saturated heterocycles. The van der Waals surface area contributed by atoms with E-state index >= 15 is 0 Å². The number of carbonyl (C=O) groups is 1. The molecule has 2 N–H and O–H groups in total. The van der Waals surface area contributed by atoms with Crippen LogP contribution in [0.1, 0.15) is 12.0 Å². The quantitative estimate of drug-likeness (QED) is 0.837. The molecule has 1 aromatic rings. The summed E-state index contributed by atoms with van der Waals surface area (Å²) in [6.07, 6.45) is 0.0555. The van der Waals surface area contributed by atoms with Crippen LogP contribution in [0.5, 0.6) is 11.5 Å². The van der Waals surface area contributed by atoms with Crippen molar-refractivity contribution in [3.63, 3.8) is 0 Å². The van der Waals surface area contributed by atoms with Gasteiger partial charge in [-0.25, -0.2) is 8.78 Å². The maximum absolute atomic E-state index is 13.1. The van der Waals surface area contributed by atoms with Crippen LogP contribution in [0.15, 0.2) is 12.1 Å². The van der Waals surface area contributed by atoms with Gasteiger partial charge >= 0.3 is 0 Å². The lowest BCUT2D eigenvalue weighted by molar-refractivity contribution is -0.123. The average molecular weight is 383 g/mol. The van der Waals surface area contributed by atoms with Gasteiger partial charge in [0.25, 0.3) is 5.92 Å². The summed E-state index contributed by atoms with van der Waals surface area (Å²) in [4.78, 5) is 11.8. The fourth-order valence-electron chi connectivity index (χ4n) is 2.66. The Morgan fingerprint density at radius 1 is 1.38 bits per heavy atom. The summed E-state index contributed by atoms with van der Waals surface area (Å²) < 4.78 is 37.0. The highest BCUT2D eigenvalue weighted by molar-refractivity contribution is 6.32. The number of benzene rings is 1. The van der Waals surface area contributed by atoms with Crippen molar-refractivity contribution in [2.45, 2.75) is 24.8 Å². The van der Waals surface area contributed by atoms with Crippen LogP contribution in [0.3, 0.4) is 0 Å². The summed E-state index contributed by atoms with van der Waals surface area (Å²) in [7, 11) is 0. The molecule has 2 aliphatic rings. The van der Waals surface area contributed by atoms with Crippen molar-refractivity contribution in [3.05, 3.63) is 22.7 Å². The molecule has 24 heavy (non-hydrogen) atoms. The number of halogens is 4. The molecule has 5 nitrogen and oxygen atoms in total. The summed E-state index contributed by atoms with van der Waals surface area (Å²) in [5.41, 5.74) is 0.879. The number of amides is 1. The van der Waals surface area contributed by atoms with Crippen LogP contribution in [0, 0.1) is 0 Å². The van der Waals surface area contributed by atoms with E-state index in [9.17, 15) is 13.6 Å². The van der Waals surface area contributed by atoms with E-state index in [-0.39, 0.29) is 12.4 Å². The predicted molar refractivity (Wildman–Crippen MR) is 87.8 cm³/mol. The molecule has 2 heterocycles. The highest BCUT2D eigenvalue weighted by Crippen LogP contribution is 2.38. The van der Waals surface area contributed by atoms with Gasteiger partial charge in [0.15, 0.2) is 11.5 Å². The van der Waals surface area contributed by atoms with Crippen molar-refractivity contribution in [1.29, 1.82) is 0 Å². The van der Waals surface area contributed by atoms with Gasteiger partial charge in [0, 0.05) is 13.0 Å². The van der Waals surface area contributed by atoms with Crippen LogP contribution in [0.2, 0.25) is 5.02 Å². The van der Waals surface area contributed by atoms with Crippen molar-refractivity contribution in [2.24, 2.45) is 0 Å². The predicted octanol–water partition coefficient (Wildman–Crippen LogP) is 2.19. The molecule has 0 spiro atoms. The molecule has 1 amide bonds. The fraction of sp³-hybridized carbons (Fsp3) is 0.533. The summed E-state index contributed by atoms with van der Waals surface area (Å²) in [6.45, 7) is 0.799. The molecule has 0 aliphatic carbocycles. The van der Waals surface area contributed by atoms with Gasteiger partial charge in [0.2, 0.25) is 5.91 Å². The number of alkyl halides is 2. The first-order valence-corrected chi connectivity index (χ1v) is 7.79. The molecule has 1 fully saturated rings. The number of carbonyl (C=O) groups excluding carboxylic acids is 1. The van der Waals surface area contributed by atoms with E-state index in [2.05, 4.69) is 10.6 Å². The molecule has 1 unspecified atom stereocenters. The molecule has 0 radical (unpaired) electrons. The Kier molecular flexibility index (Phi) is 6.11. The summed E-state index contributed by atoms with van der Waals surface area (Å²) in [5, 5.41) is 5.65. The third-order valence-electron chi connectivity index (χ3n) is 3.80. The zero-order valence-electron chi connectivity index (χ0n) is 12.7. The van der Waals surface area contributed by atoms with Crippen LogP contribution < -0.4 is 20.1 Å². The van der Waals surface area contributed by atoms with Gasteiger partial charge in [-0.05, 0) is 24.1 Å². The van der Waals surface area contributed by atoms with E-state index in [1.165, 1.54) is 0 Å². The van der Waals surface area contributed by atoms with Crippen molar-refractivity contribution in [2.75, 3.05) is 26.3 Å². The maximum Gasteiger partial charge on any atom is 0.262 e. The minimum Gasteiger partial charge on any atom is -0.486 e. The molecule has 0 saturated carbocycles. The van der Waals surface area contributed by atoms with Gasteiger partial charge in [0.05, 0.1) is 17.6 Å². The molecule has 134 valence electrons. The molecule has 0 bridgehead atoms. The van der Waals surface area contributed by atoms with Gasteiger partial charge in [0.1, 0.15) is 13.2 Å². The lowest BCUT2D eigenvalue weighted by Crippen LogP contribution is -2.41. The molecular weight excluding hydrogens is 365 g/mol. The number of hydrogen-bond donors (Lipinski definition) is 2. The lowest BCUT2D eigenvalue weighted by Gasteiger charge is -2.20. The van der Waals surface area contributed by atoms with Crippen LogP contribution in [0.25, 0.3) is 0 Å². The SMILES string of the molecule is Cl.O=C(NCCc1cc(Cl)c2c(c1)OCCO2)C1CC(F)(F)CN1. The highest BCUT2D eigenvalue weighted by atomic mass is 35.5. The Bertz CT molecular complexity index is 617. The van der Waals surface area contributed by atoms with E-state index in [0.29, 0.717) is 42.7 Å². The van der Waals surface area contributed by atoms with E-state index < -0.39 is 30.8 Å². The second-order valence-corrected chi connectivity index (χ2v) is 6.04. The molecule has 1 aromatic carbocycles. The number of nitrogens with one attached hydrogen (secondary N) is 2. The van der Waals surface area contributed by atoms with E-state index in [1.54, 1.807) is 6.07 Å². The summed E-state index contributed by atoms with van der Waals surface area (Å²) in [5.74, 6) is -2.11. The first-order chi connectivity index (χ1) is 10.9. The molecule has 9 heteroatoms. The second-order valence-electron chi connectivity index (χ2n) is 5.64. The smallest absolute Gasteiger partial charge is 0.262 e. The third kappa shape index (κ3) is 4.40. The van der Waals surface area contributed by atoms with Crippen LogP contribution in [0.4, 0.5) is 8.78 Å². The average Bonchev–Trinajstić information content (AvgIpc) is 2.87. The summed E-state index contributed by atoms with van der Waals surface area (Å²) >= 11 is 6.14. The first-order valence-electron chi connectivity index (χ1n) is 7.41. The van der Waals surface area contributed by atoms with Crippen molar-refractivity contribution in [1.82, 2.24) is 10.6 Å². The van der Waals surface area contributed by atoms with Gasteiger partial charge < -0.3 is 14.8 Å². The van der Waals surface area contributed by atoms with Crippen LogP contribution in [-0.2, 0) is 11.2 Å². The van der Waals surface area contributed by atoms with Gasteiger partial charge in [-0.15, -0.1) is 12.4 Å². The third-order valence-corrected chi connectivity index (χ3v) is 4.08. The number of rotatable bonds is 4. The second kappa shape index (κ2) is 7.72. The minimum atomic E-state index is -2.81. The number of fused-ring (bicyclic) bond motifs is 1. The highest BCUT2D eigenvalue weighted by Gasteiger charge is 2.42. The van der Waals surface area contributed by atoms with Gasteiger partial charge in [-0.2, -0.15) is 0 Å². The molecular formula is C15H18Cl2F2N2O3. The largest absolute Gasteiger partial charge is 0.486 e. The number of ether oxygens (including phenoxy) is 2. The topological polar surface area (TPSA) is 59.6 Å². The minimum absolute atomic E-state index is 0. The van der Waals surface area contributed by atoms with E-state index in [4.69, 9.17) is 21.1 Å². The lowest BCUT2D eigenvalue weighted by atomic mass is 10.1. The van der Waals surface area contributed by atoms with Gasteiger partial charge in [-0.1, -0.05) is 11.6 Å². The number of hydrogen-bond acceptors (Lipinski definition) is 4. The summed E-state index contributed by atoms with van der Waals surface area (Å²) in [6, 6.07) is 2.73. The first kappa shape index (κ1) is 19.0. The monoisotopic (exact) mass is 382 g/mol. The van der Waals surface area contributed by atoms with Crippen molar-refractivity contribution in [3.8, 4) is 11.5 Å². The Hall–Kier alpha value is -1.31. The van der Waals surface area contributed by atoms with Crippen molar-refractivity contribution < 1.29 is 23.0 Å². The fourth-order valence-corrected chi connectivity index (χ4v) is 2.95. The molecule has 3 rings (SSSR count). The Balaban J connectivity index is 0.00000208. The Morgan fingerprint density at radius 3 is 2.83 bits per heavy atom. The maximum atomic E-state index is 13.1. The van der Waals surface area contributed by atoms with Crippen molar-refractivity contribution >= 4 is 29.9 Å². The van der Waals surface area contributed by atoms with Gasteiger partial charge in [-0.3, -0.25) is 10.1 Å². The standard InChI is InChI=1S/C15H17ClF2N2O3.ClH/c16-10-5-9(6-12-13(10)23-4-3-22-12)1-2-19-14(21)11-7-15(17,18)8-20-11;/h5-6,11,20H,1-4,7-8H2,(H,19,21);1H. The van der Waals surface area contributed by atoms with Crippen LogP contribution in [-0.4, -0.2) is 44.2 Å². The van der Waals surface area contributed by atoms with E-state index in [0.717, 1.165) is 5.56 Å². The molecule has 0 aromatic heterocycles. The molecule has 2 aliphatic heterocycles.